The maximum absolute atomic E-state index is 12.6. The van der Waals surface area contributed by atoms with Crippen LogP contribution in [0.4, 0.5) is 5.82 Å². The lowest BCUT2D eigenvalue weighted by Crippen LogP contribution is -2.53. The smallest absolute Gasteiger partial charge is 0.282 e. The Labute approximate surface area is 139 Å². The third kappa shape index (κ3) is 3.94. The summed E-state index contributed by atoms with van der Waals surface area (Å²) in [6.45, 7) is 9.36. The second-order valence-corrected chi connectivity index (χ2v) is 7.16. The van der Waals surface area contributed by atoms with Gasteiger partial charge in [-0.05, 0) is 19.1 Å². The Hall–Kier alpha value is -1.38. The quantitative estimate of drug-likeness (QED) is 0.745. The molecule has 0 bridgehead atoms. The highest BCUT2D eigenvalue weighted by molar-refractivity contribution is 7.86. The van der Waals surface area contributed by atoms with Gasteiger partial charge in [-0.25, -0.2) is 4.98 Å². The standard InChI is InChI=1S/C15H26N4O3S/c1-4-18(5-2)23(20,21)19-12-10-17(11-13-19)15-14(22-6-3)8-7-9-16-15/h7-9H,4-6,10-13H2,1-3H3. The second kappa shape index (κ2) is 7.94. The third-order valence-corrected chi connectivity index (χ3v) is 6.13. The fourth-order valence-electron chi connectivity index (χ4n) is 2.73. The Morgan fingerprint density at radius 2 is 1.83 bits per heavy atom. The molecule has 0 amide bonds. The van der Waals surface area contributed by atoms with Crippen molar-refractivity contribution in [3.05, 3.63) is 18.3 Å². The van der Waals surface area contributed by atoms with Gasteiger partial charge in [0.25, 0.3) is 10.2 Å². The van der Waals surface area contributed by atoms with E-state index in [0.29, 0.717) is 45.9 Å². The van der Waals surface area contributed by atoms with Crippen molar-refractivity contribution in [1.29, 1.82) is 0 Å². The van der Waals surface area contributed by atoms with E-state index < -0.39 is 10.2 Å². The molecule has 7 nitrogen and oxygen atoms in total. The second-order valence-electron chi connectivity index (χ2n) is 5.24. The van der Waals surface area contributed by atoms with E-state index in [2.05, 4.69) is 9.88 Å². The summed E-state index contributed by atoms with van der Waals surface area (Å²) in [5.41, 5.74) is 0. The molecule has 23 heavy (non-hydrogen) atoms. The zero-order valence-corrected chi connectivity index (χ0v) is 14.9. The van der Waals surface area contributed by atoms with Crippen LogP contribution in [-0.4, -0.2) is 67.9 Å². The average molecular weight is 342 g/mol. The molecule has 0 aromatic carbocycles. The Kier molecular flexibility index (Phi) is 6.20. The van der Waals surface area contributed by atoms with Gasteiger partial charge in [-0.1, -0.05) is 13.8 Å². The number of aromatic nitrogens is 1. The molecule has 2 heterocycles. The predicted octanol–water partition coefficient (Wildman–Crippen LogP) is 1.19. The molecule has 0 aliphatic carbocycles. The number of hydrogen-bond donors (Lipinski definition) is 0. The predicted molar refractivity (Wildman–Crippen MR) is 91.0 cm³/mol. The van der Waals surface area contributed by atoms with Crippen molar-refractivity contribution in [2.75, 3.05) is 50.8 Å². The summed E-state index contributed by atoms with van der Waals surface area (Å²) in [5, 5.41) is 0. The number of nitrogens with zero attached hydrogens (tertiary/aromatic N) is 4. The Morgan fingerprint density at radius 3 is 2.39 bits per heavy atom. The summed E-state index contributed by atoms with van der Waals surface area (Å²) in [6.07, 6.45) is 1.73. The van der Waals surface area contributed by atoms with Crippen LogP contribution in [0.15, 0.2) is 18.3 Å². The van der Waals surface area contributed by atoms with Crippen LogP contribution in [0, 0.1) is 0 Å². The summed E-state index contributed by atoms with van der Waals surface area (Å²) in [5.74, 6) is 1.53. The third-order valence-electron chi connectivity index (χ3n) is 3.95. The number of ether oxygens (including phenoxy) is 1. The molecule has 2 rings (SSSR count). The van der Waals surface area contributed by atoms with E-state index in [1.54, 1.807) is 10.5 Å². The van der Waals surface area contributed by atoms with Crippen molar-refractivity contribution < 1.29 is 13.2 Å². The van der Waals surface area contributed by atoms with Gasteiger partial charge in [0, 0.05) is 45.5 Å². The van der Waals surface area contributed by atoms with Gasteiger partial charge < -0.3 is 9.64 Å². The van der Waals surface area contributed by atoms with E-state index >= 15 is 0 Å². The lowest BCUT2D eigenvalue weighted by Gasteiger charge is -2.37. The molecule has 0 atom stereocenters. The van der Waals surface area contributed by atoms with E-state index in [4.69, 9.17) is 4.74 Å². The molecule has 0 N–H and O–H groups in total. The highest BCUT2D eigenvalue weighted by atomic mass is 32.2. The highest BCUT2D eigenvalue weighted by Gasteiger charge is 2.31. The number of hydrogen-bond acceptors (Lipinski definition) is 5. The van der Waals surface area contributed by atoms with Crippen LogP contribution in [0.2, 0.25) is 0 Å². The van der Waals surface area contributed by atoms with Crippen LogP contribution < -0.4 is 9.64 Å². The van der Waals surface area contributed by atoms with Crippen molar-refractivity contribution >= 4 is 16.0 Å². The molecule has 1 aromatic heterocycles. The number of rotatable bonds is 7. The topological polar surface area (TPSA) is 66.0 Å². The summed E-state index contributed by atoms with van der Waals surface area (Å²) in [6, 6.07) is 3.74. The Balaban J connectivity index is 2.07. The fraction of sp³-hybridized carbons (Fsp3) is 0.667. The molecular weight excluding hydrogens is 316 g/mol. The first-order valence-electron chi connectivity index (χ1n) is 8.12. The Morgan fingerprint density at radius 1 is 1.17 bits per heavy atom. The van der Waals surface area contributed by atoms with E-state index in [1.807, 2.05) is 32.9 Å². The summed E-state index contributed by atoms with van der Waals surface area (Å²) < 4.78 is 33.8. The molecule has 0 radical (unpaired) electrons. The molecule has 8 heteroatoms. The lowest BCUT2D eigenvalue weighted by molar-refractivity contribution is 0.324. The van der Waals surface area contributed by atoms with Crippen molar-refractivity contribution in [3.8, 4) is 5.75 Å². The fourth-order valence-corrected chi connectivity index (χ4v) is 4.34. The van der Waals surface area contributed by atoms with Gasteiger partial charge >= 0.3 is 0 Å². The van der Waals surface area contributed by atoms with E-state index in [9.17, 15) is 8.42 Å². The largest absolute Gasteiger partial charge is 0.490 e. The van der Waals surface area contributed by atoms with Gasteiger partial charge in [0.15, 0.2) is 11.6 Å². The average Bonchev–Trinajstić information content (AvgIpc) is 2.57. The maximum atomic E-state index is 12.6. The van der Waals surface area contributed by atoms with Crippen LogP contribution in [0.3, 0.4) is 0 Å². The van der Waals surface area contributed by atoms with Gasteiger partial charge in [0.1, 0.15) is 0 Å². The zero-order valence-electron chi connectivity index (χ0n) is 14.1. The van der Waals surface area contributed by atoms with E-state index in [0.717, 1.165) is 11.6 Å². The first-order valence-corrected chi connectivity index (χ1v) is 9.52. The van der Waals surface area contributed by atoms with Gasteiger partial charge in [-0.15, -0.1) is 0 Å². The van der Waals surface area contributed by atoms with Crippen LogP contribution >= 0.6 is 0 Å². The minimum atomic E-state index is -3.36. The van der Waals surface area contributed by atoms with Crippen molar-refractivity contribution in [2.24, 2.45) is 0 Å². The number of piperazine rings is 1. The molecule has 0 spiro atoms. The molecule has 1 aliphatic rings. The zero-order chi connectivity index (χ0) is 16.9. The molecule has 1 aliphatic heterocycles. The number of pyridine rings is 1. The van der Waals surface area contributed by atoms with E-state index in [-0.39, 0.29) is 0 Å². The maximum Gasteiger partial charge on any atom is 0.282 e. The Bertz CT molecular complexity index is 596. The minimum Gasteiger partial charge on any atom is -0.490 e. The summed E-state index contributed by atoms with van der Waals surface area (Å²) in [4.78, 5) is 6.48. The molecule has 1 aromatic rings. The normalized spacial score (nSPS) is 16.8. The molecule has 130 valence electrons. The van der Waals surface area contributed by atoms with Gasteiger partial charge in [0.05, 0.1) is 6.61 Å². The van der Waals surface area contributed by atoms with Crippen molar-refractivity contribution in [1.82, 2.24) is 13.6 Å². The van der Waals surface area contributed by atoms with Gasteiger partial charge in [0.2, 0.25) is 0 Å². The van der Waals surface area contributed by atoms with Crippen LogP contribution in [0.1, 0.15) is 20.8 Å². The molecule has 0 unspecified atom stereocenters. The van der Waals surface area contributed by atoms with Crippen molar-refractivity contribution in [3.63, 3.8) is 0 Å². The number of anilines is 1. The van der Waals surface area contributed by atoms with Gasteiger partial charge in [-0.2, -0.15) is 17.0 Å². The summed E-state index contributed by atoms with van der Waals surface area (Å²) >= 11 is 0. The monoisotopic (exact) mass is 342 g/mol. The van der Waals surface area contributed by atoms with Gasteiger partial charge in [-0.3, -0.25) is 0 Å². The first kappa shape index (κ1) is 18.0. The van der Waals surface area contributed by atoms with E-state index in [1.165, 1.54) is 4.31 Å². The highest BCUT2D eigenvalue weighted by Crippen LogP contribution is 2.26. The summed E-state index contributed by atoms with van der Waals surface area (Å²) in [7, 11) is -3.36. The minimum absolute atomic E-state index is 0.459. The first-order chi connectivity index (χ1) is 11.0. The van der Waals surface area contributed by atoms with Crippen LogP contribution in [0.25, 0.3) is 0 Å². The molecule has 1 saturated heterocycles. The SMILES string of the molecule is CCOc1cccnc1N1CCN(S(=O)(=O)N(CC)CC)CC1. The van der Waals surface area contributed by atoms with Crippen LogP contribution in [-0.2, 0) is 10.2 Å². The van der Waals surface area contributed by atoms with Crippen molar-refractivity contribution in [2.45, 2.75) is 20.8 Å². The lowest BCUT2D eigenvalue weighted by atomic mass is 10.3. The molecule has 1 fully saturated rings. The molecular formula is C15H26N4O3S. The molecule has 0 saturated carbocycles. The van der Waals surface area contributed by atoms with Crippen LogP contribution in [0.5, 0.6) is 5.75 Å².